The van der Waals surface area contributed by atoms with E-state index in [1.54, 1.807) is 0 Å². The van der Waals surface area contributed by atoms with Gasteiger partial charge in [-0.25, -0.2) is 4.98 Å². The summed E-state index contributed by atoms with van der Waals surface area (Å²) in [6.45, 7) is 7.01. The van der Waals surface area contributed by atoms with Gasteiger partial charge in [0, 0.05) is 5.92 Å². The predicted octanol–water partition coefficient (Wildman–Crippen LogP) is 3.29. The summed E-state index contributed by atoms with van der Waals surface area (Å²) in [6, 6.07) is 4.20. The van der Waals surface area contributed by atoms with E-state index in [-0.39, 0.29) is 0 Å². The van der Waals surface area contributed by atoms with Crippen LogP contribution < -0.4 is 5.73 Å². The van der Waals surface area contributed by atoms with Crippen LogP contribution in [0.1, 0.15) is 42.7 Å². The predicted molar refractivity (Wildman–Crippen MR) is 70.2 cm³/mol. The van der Waals surface area contributed by atoms with Gasteiger partial charge in [-0.15, -0.1) is 0 Å². The Kier molecular flexibility index (Phi) is 3.48. The minimum absolute atomic E-state index is 0.339. The van der Waals surface area contributed by atoms with Crippen molar-refractivity contribution in [2.75, 3.05) is 6.54 Å². The minimum atomic E-state index is 0.339. The Balaban J connectivity index is 2.34. The number of hydrogen-bond donors (Lipinski definition) is 1. The summed E-state index contributed by atoms with van der Waals surface area (Å²) >= 11 is 0. The average molecular weight is 232 g/mol. The quantitative estimate of drug-likeness (QED) is 0.880. The highest BCUT2D eigenvalue weighted by atomic mass is 16.3. The Morgan fingerprint density at radius 2 is 2.12 bits per heavy atom. The van der Waals surface area contributed by atoms with Gasteiger partial charge in [0.05, 0.1) is 0 Å². The van der Waals surface area contributed by atoms with Crippen LogP contribution in [0, 0.1) is 13.8 Å². The van der Waals surface area contributed by atoms with E-state index in [1.165, 1.54) is 5.56 Å². The lowest BCUT2D eigenvalue weighted by molar-refractivity contribution is 0.463. The van der Waals surface area contributed by atoms with Crippen molar-refractivity contribution in [3.8, 4) is 0 Å². The molecule has 3 nitrogen and oxygen atoms in total. The molecule has 0 aliphatic heterocycles. The average Bonchev–Trinajstić information content (AvgIpc) is 2.69. The fourth-order valence-corrected chi connectivity index (χ4v) is 2.15. The zero-order valence-corrected chi connectivity index (χ0v) is 10.8. The molecule has 0 aliphatic rings. The van der Waals surface area contributed by atoms with Crippen LogP contribution in [0.2, 0.25) is 0 Å². The van der Waals surface area contributed by atoms with Crippen molar-refractivity contribution in [1.82, 2.24) is 4.98 Å². The summed E-state index contributed by atoms with van der Waals surface area (Å²) < 4.78 is 5.86. The van der Waals surface area contributed by atoms with Crippen LogP contribution in [0.5, 0.6) is 0 Å². The number of benzene rings is 1. The molecule has 0 spiro atoms. The molecule has 2 aromatic rings. The van der Waals surface area contributed by atoms with E-state index in [0.717, 1.165) is 41.9 Å². The first-order valence-corrected chi connectivity index (χ1v) is 6.19. The van der Waals surface area contributed by atoms with E-state index >= 15 is 0 Å². The molecule has 92 valence electrons. The van der Waals surface area contributed by atoms with Gasteiger partial charge in [0.25, 0.3) is 0 Å². The van der Waals surface area contributed by atoms with Gasteiger partial charge in [0.2, 0.25) is 0 Å². The molecule has 0 saturated heterocycles. The van der Waals surface area contributed by atoms with Crippen molar-refractivity contribution in [2.45, 2.75) is 39.5 Å². The van der Waals surface area contributed by atoms with Crippen LogP contribution in [0.15, 0.2) is 16.5 Å². The molecule has 0 saturated carbocycles. The highest BCUT2D eigenvalue weighted by Gasteiger charge is 2.14. The fraction of sp³-hybridized carbons (Fsp3) is 0.500. The molecular weight excluding hydrogens is 212 g/mol. The highest BCUT2D eigenvalue weighted by Crippen LogP contribution is 2.27. The summed E-state index contributed by atoms with van der Waals surface area (Å²) in [4.78, 5) is 4.58. The molecule has 0 aliphatic carbocycles. The van der Waals surface area contributed by atoms with Crippen LogP contribution in [0.4, 0.5) is 0 Å². The Morgan fingerprint density at radius 3 is 2.82 bits per heavy atom. The normalized spacial score (nSPS) is 13.2. The van der Waals surface area contributed by atoms with Crippen LogP contribution in [-0.4, -0.2) is 11.5 Å². The Bertz CT molecular complexity index is 516. The maximum Gasteiger partial charge on any atom is 0.198 e. The second kappa shape index (κ2) is 4.88. The Morgan fingerprint density at radius 1 is 1.35 bits per heavy atom. The third-order valence-electron chi connectivity index (χ3n) is 3.10. The first-order valence-electron chi connectivity index (χ1n) is 6.19. The first kappa shape index (κ1) is 12.1. The summed E-state index contributed by atoms with van der Waals surface area (Å²) in [7, 11) is 0. The van der Waals surface area contributed by atoms with Crippen LogP contribution in [-0.2, 0) is 0 Å². The molecule has 2 rings (SSSR count). The second-order valence-corrected chi connectivity index (χ2v) is 4.81. The number of fused-ring (bicyclic) bond motifs is 1. The molecule has 1 atom stereocenters. The maximum absolute atomic E-state index is 5.86. The van der Waals surface area contributed by atoms with E-state index < -0.39 is 0 Å². The molecule has 1 heterocycles. The second-order valence-electron chi connectivity index (χ2n) is 4.81. The molecule has 2 N–H and O–H groups in total. The topological polar surface area (TPSA) is 52.0 Å². The molecule has 3 heteroatoms. The SMILES string of the molecule is Cc1cc(C)c2oc(C(C)CCCN)nc2c1. The van der Waals surface area contributed by atoms with Crippen molar-refractivity contribution in [1.29, 1.82) is 0 Å². The van der Waals surface area contributed by atoms with Crippen LogP contribution >= 0.6 is 0 Å². The third kappa shape index (κ3) is 2.50. The van der Waals surface area contributed by atoms with Gasteiger partial charge in [-0.1, -0.05) is 13.0 Å². The smallest absolute Gasteiger partial charge is 0.198 e. The Labute approximate surface area is 102 Å². The van der Waals surface area contributed by atoms with E-state index in [2.05, 4.69) is 37.9 Å². The lowest BCUT2D eigenvalue weighted by Crippen LogP contribution is -2.02. The molecule has 0 radical (unpaired) electrons. The number of oxazole rings is 1. The van der Waals surface area contributed by atoms with Gasteiger partial charge in [-0.2, -0.15) is 0 Å². The number of nitrogens with two attached hydrogens (primary N) is 1. The third-order valence-corrected chi connectivity index (χ3v) is 3.10. The molecule has 17 heavy (non-hydrogen) atoms. The fourth-order valence-electron chi connectivity index (χ4n) is 2.15. The van der Waals surface area contributed by atoms with Gasteiger partial charge in [0.15, 0.2) is 11.5 Å². The molecule has 0 amide bonds. The van der Waals surface area contributed by atoms with Gasteiger partial charge < -0.3 is 10.2 Å². The lowest BCUT2D eigenvalue weighted by Gasteiger charge is -2.04. The van der Waals surface area contributed by atoms with E-state index in [0.29, 0.717) is 5.92 Å². The van der Waals surface area contributed by atoms with Crippen molar-refractivity contribution in [3.63, 3.8) is 0 Å². The molecular formula is C14H20N2O. The van der Waals surface area contributed by atoms with Gasteiger partial charge >= 0.3 is 0 Å². The van der Waals surface area contributed by atoms with Crippen LogP contribution in [0.3, 0.4) is 0 Å². The van der Waals surface area contributed by atoms with Gasteiger partial charge in [0.1, 0.15) is 5.52 Å². The van der Waals surface area contributed by atoms with Crippen LogP contribution in [0.25, 0.3) is 11.1 Å². The number of nitrogens with zero attached hydrogens (tertiary/aromatic N) is 1. The summed E-state index contributed by atoms with van der Waals surface area (Å²) in [6.07, 6.45) is 2.04. The number of aryl methyl sites for hydroxylation is 2. The van der Waals surface area contributed by atoms with E-state index in [9.17, 15) is 0 Å². The number of rotatable bonds is 4. The first-order chi connectivity index (χ1) is 8.11. The summed E-state index contributed by atoms with van der Waals surface area (Å²) in [5.74, 6) is 1.17. The molecule has 0 fully saturated rings. The molecule has 1 aromatic carbocycles. The summed E-state index contributed by atoms with van der Waals surface area (Å²) in [5.41, 5.74) is 9.80. The van der Waals surface area contributed by atoms with Crippen molar-refractivity contribution in [2.24, 2.45) is 5.73 Å². The largest absolute Gasteiger partial charge is 0.440 e. The van der Waals surface area contributed by atoms with E-state index in [4.69, 9.17) is 10.2 Å². The molecule has 0 bridgehead atoms. The summed E-state index contributed by atoms with van der Waals surface area (Å²) in [5, 5.41) is 0. The lowest BCUT2D eigenvalue weighted by atomic mass is 10.1. The number of hydrogen-bond acceptors (Lipinski definition) is 3. The molecule has 1 unspecified atom stereocenters. The molecule has 1 aromatic heterocycles. The van der Waals surface area contributed by atoms with Crippen molar-refractivity contribution < 1.29 is 4.42 Å². The van der Waals surface area contributed by atoms with Crippen molar-refractivity contribution in [3.05, 3.63) is 29.2 Å². The zero-order chi connectivity index (χ0) is 12.4. The zero-order valence-electron chi connectivity index (χ0n) is 10.8. The minimum Gasteiger partial charge on any atom is -0.440 e. The van der Waals surface area contributed by atoms with E-state index in [1.807, 2.05) is 0 Å². The maximum atomic E-state index is 5.86. The van der Waals surface area contributed by atoms with Gasteiger partial charge in [-0.05, 0) is 50.4 Å². The number of aromatic nitrogens is 1. The van der Waals surface area contributed by atoms with Crippen molar-refractivity contribution >= 4 is 11.1 Å². The highest BCUT2D eigenvalue weighted by molar-refractivity contribution is 5.77. The standard InChI is InChI=1S/C14H20N2O/c1-9-7-11(3)13-12(8-9)16-14(17-13)10(2)5-4-6-15/h7-8,10H,4-6,15H2,1-3H3. The van der Waals surface area contributed by atoms with Gasteiger partial charge in [-0.3, -0.25) is 0 Å². The Hall–Kier alpha value is -1.35. The monoisotopic (exact) mass is 232 g/mol.